The van der Waals surface area contributed by atoms with Crippen molar-refractivity contribution in [1.82, 2.24) is 30.3 Å². The second kappa shape index (κ2) is 15.4. The van der Waals surface area contributed by atoms with Gasteiger partial charge < -0.3 is 40.7 Å². The molecule has 3 aromatic rings. The van der Waals surface area contributed by atoms with Crippen LogP contribution in [0.1, 0.15) is 24.0 Å². The van der Waals surface area contributed by atoms with Crippen LogP contribution in [0.25, 0.3) is 0 Å². The lowest BCUT2D eigenvalue weighted by Crippen LogP contribution is -2.57. The number of likely N-dealkylation sites (tertiary alicyclic amines) is 1. The lowest BCUT2D eigenvalue weighted by molar-refractivity contribution is -0.133. The van der Waals surface area contributed by atoms with Crippen molar-refractivity contribution < 1.29 is 24.3 Å². The average molecular weight is 752 g/mol. The molecule has 2 aromatic carbocycles. The van der Waals surface area contributed by atoms with Crippen LogP contribution in [0.5, 0.6) is 5.75 Å². The molecule has 1 aromatic heterocycles. The summed E-state index contributed by atoms with van der Waals surface area (Å²) in [6.07, 6.45) is 4.82. The molecule has 1 unspecified atom stereocenters. The summed E-state index contributed by atoms with van der Waals surface area (Å²) in [7, 11) is 2.46. The number of fused-ring (bicyclic) bond motifs is 1. The summed E-state index contributed by atoms with van der Waals surface area (Å²) >= 11 is 3.35. The molecule has 4 N–H and O–H groups in total. The van der Waals surface area contributed by atoms with Gasteiger partial charge in [-0.05, 0) is 70.2 Å². The third kappa shape index (κ3) is 8.25. The normalized spacial score (nSPS) is 17.2. The number of phenols is 1. The number of pyridine rings is 1. The highest BCUT2D eigenvalue weighted by molar-refractivity contribution is 9.10. The quantitative estimate of drug-likeness (QED) is 0.259. The van der Waals surface area contributed by atoms with E-state index in [0.29, 0.717) is 74.0 Å². The fourth-order valence-corrected chi connectivity index (χ4v) is 7.65. The molecule has 0 aliphatic carbocycles. The summed E-state index contributed by atoms with van der Waals surface area (Å²) in [6.45, 7) is 3.54. The van der Waals surface area contributed by atoms with E-state index >= 15 is 0 Å². The van der Waals surface area contributed by atoms with Crippen molar-refractivity contribution in [3.05, 3.63) is 76.5 Å². The van der Waals surface area contributed by atoms with Gasteiger partial charge in [-0.3, -0.25) is 14.6 Å². The van der Waals surface area contributed by atoms with Crippen molar-refractivity contribution in [2.45, 2.75) is 37.9 Å². The number of nitrogens with zero attached hydrogens (tertiary/aromatic N) is 5. The van der Waals surface area contributed by atoms with Crippen molar-refractivity contribution in [2.75, 3.05) is 56.0 Å². The van der Waals surface area contributed by atoms with Crippen LogP contribution in [0, 0.1) is 0 Å². The van der Waals surface area contributed by atoms with E-state index < -0.39 is 18.0 Å². The molecule has 13 nitrogen and oxygen atoms in total. The number of carbonyl (C=O) groups excluding carboxylic acids is 4. The smallest absolute Gasteiger partial charge is 0.322 e. The third-order valence-electron chi connectivity index (χ3n) is 9.33. The number of hydrogen-bond donors (Lipinski definition) is 4. The highest BCUT2D eigenvalue weighted by Crippen LogP contribution is 2.28. The summed E-state index contributed by atoms with van der Waals surface area (Å²) in [6, 6.07) is 13.5. The number of para-hydroxylation sites is 1. The molecule has 258 valence electrons. The zero-order valence-corrected chi connectivity index (χ0v) is 29.7. The number of aromatic nitrogens is 1. The van der Waals surface area contributed by atoms with E-state index in [1.165, 1.54) is 0 Å². The number of rotatable bonds is 8. The second-order valence-corrected chi connectivity index (χ2v) is 13.9. The van der Waals surface area contributed by atoms with Gasteiger partial charge in [-0.1, -0.05) is 18.2 Å². The Bertz CT molecular complexity index is 1680. The van der Waals surface area contributed by atoms with Crippen LogP contribution >= 0.6 is 25.2 Å². The van der Waals surface area contributed by atoms with Gasteiger partial charge in [-0.15, -0.1) is 9.24 Å². The van der Waals surface area contributed by atoms with Crippen LogP contribution in [-0.4, -0.2) is 107 Å². The predicted octanol–water partition coefficient (Wildman–Crippen LogP) is 2.65. The molecule has 0 radical (unpaired) electrons. The van der Waals surface area contributed by atoms with Gasteiger partial charge in [0.1, 0.15) is 11.8 Å². The number of phenolic OH excluding ortho intramolecular Hbond substituents is 1. The minimum atomic E-state index is -0.980. The van der Waals surface area contributed by atoms with E-state index in [2.05, 4.69) is 51.0 Å². The maximum atomic E-state index is 13.6. The molecule has 4 heterocycles. The number of urea groups is 2. The SMILES string of the molecule is O=C(NCC(=O)N1CCN(c2ccncc2)CC1)[C@@H](Cc1cc(P)c(O)c(Br)c1)NC(=O)N1CCC(N2Cc3ccccc3NC2=O)CC1. The van der Waals surface area contributed by atoms with E-state index in [9.17, 15) is 24.3 Å². The molecule has 0 spiro atoms. The van der Waals surface area contributed by atoms with E-state index in [4.69, 9.17) is 0 Å². The van der Waals surface area contributed by atoms with Crippen LogP contribution < -0.4 is 26.2 Å². The molecule has 2 fully saturated rings. The molecule has 2 atom stereocenters. The molecule has 0 saturated carbocycles. The monoisotopic (exact) mass is 750 g/mol. The van der Waals surface area contributed by atoms with Crippen LogP contribution in [-0.2, 0) is 22.6 Å². The van der Waals surface area contributed by atoms with E-state index in [0.717, 1.165) is 16.9 Å². The largest absolute Gasteiger partial charge is 0.506 e. The number of aromatic hydroxyl groups is 1. The highest BCUT2D eigenvalue weighted by Gasteiger charge is 2.34. The number of anilines is 2. The van der Waals surface area contributed by atoms with Crippen LogP contribution in [0.15, 0.2) is 65.4 Å². The number of hydrogen-bond acceptors (Lipinski definition) is 7. The summed E-state index contributed by atoms with van der Waals surface area (Å²) < 4.78 is 0.466. The number of benzene rings is 2. The van der Waals surface area contributed by atoms with Crippen LogP contribution in [0.4, 0.5) is 21.0 Å². The Kier molecular flexibility index (Phi) is 10.8. The van der Waals surface area contributed by atoms with Gasteiger partial charge in [0.05, 0.1) is 11.0 Å². The van der Waals surface area contributed by atoms with Crippen molar-refractivity contribution in [3.8, 4) is 5.75 Å². The molecule has 6 rings (SSSR count). The molecule has 0 bridgehead atoms. The zero-order valence-electron chi connectivity index (χ0n) is 27.0. The van der Waals surface area contributed by atoms with Gasteiger partial charge in [0, 0.05) is 87.3 Å². The first-order valence-corrected chi connectivity index (χ1v) is 17.7. The molecule has 3 aliphatic heterocycles. The highest BCUT2D eigenvalue weighted by atomic mass is 79.9. The summed E-state index contributed by atoms with van der Waals surface area (Å²) in [5, 5.41) is 19.4. The number of halogens is 1. The zero-order chi connectivity index (χ0) is 34.5. The standard InChI is InChI=1S/C34H40BrN8O5P/c35-26-17-22(19-29(49)31(26)45)18-28(32(46)37-20-30(44)41-15-13-40(14-16-41)24-5-9-36-10-6-24)39-33(47)42-11-7-25(8-12-42)43-21-23-3-1-2-4-27(23)38-34(43)48/h1-6,9-10,17,19,25,28,45H,7-8,11-16,18,20-21,49H2,(H,37,46)(H,38,48)(H,39,47)/t28-/m1/s1. The fourth-order valence-electron chi connectivity index (χ4n) is 6.55. The first-order chi connectivity index (χ1) is 23.7. The van der Waals surface area contributed by atoms with Gasteiger partial charge in [0.15, 0.2) is 0 Å². The molecule has 2 saturated heterocycles. The average Bonchev–Trinajstić information content (AvgIpc) is 3.12. The van der Waals surface area contributed by atoms with Gasteiger partial charge in [-0.2, -0.15) is 0 Å². The molecular formula is C34H40BrN8O5P. The first kappa shape index (κ1) is 34.4. The van der Waals surface area contributed by atoms with Gasteiger partial charge in [0.25, 0.3) is 0 Å². The Morgan fingerprint density at radius 2 is 1.71 bits per heavy atom. The second-order valence-electron chi connectivity index (χ2n) is 12.4. The van der Waals surface area contributed by atoms with Gasteiger partial charge in [0.2, 0.25) is 11.8 Å². The Labute approximate surface area is 295 Å². The third-order valence-corrected chi connectivity index (χ3v) is 10.4. The number of piperidine rings is 1. The van der Waals surface area contributed by atoms with Crippen molar-refractivity contribution in [1.29, 1.82) is 0 Å². The maximum Gasteiger partial charge on any atom is 0.322 e. The Hall–Kier alpha value is -4.42. The summed E-state index contributed by atoms with van der Waals surface area (Å²) in [5.41, 5.74) is 3.64. The summed E-state index contributed by atoms with van der Waals surface area (Å²) in [5.74, 6) is -0.605. The van der Waals surface area contributed by atoms with E-state index in [-0.39, 0.29) is 36.7 Å². The molecule has 15 heteroatoms. The topological polar surface area (TPSA) is 150 Å². The fraction of sp³-hybridized carbons (Fsp3) is 0.382. The Morgan fingerprint density at radius 1 is 1.00 bits per heavy atom. The lowest BCUT2D eigenvalue weighted by Gasteiger charge is -2.40. The van der Waals surface area contributed by atoms with Crippen molar-refractivity contribution in [3.63, 3.8) is 0 Å². The maximum absolute atomic E-state index is 13.6. The van der Waals surface area contributed by atoms with Crippen LogP contribution in [0.3, 0.4) is 0 Å². The van der Waals surface area contributed by atoms with E-state index in [1.807, 2.05) is 41.3 Å². The Balaban J connectivity index is 1.05. The molecule has 3 aliphatic rings. The lowest BCUT2D eigenvalue weighted by atomic mass is 10.0. The Morgan fingerprint density at radius 3 is 2.43 bits per heavy atom. The van der Waals surface area contributed by atoms with Crippen molar-refractivity contribution in [2.24, 2.45) is 0 Å². The van der Waals surface area contributed by atoms with Crippen molar-refractivity contribution >= 4 is 65.7 Å². The van der Waals surface area contributed by atoms with E-state index in [1.54, 1.807) is 34.3 Å². The summed E-state index contributed by atoms with van der Waals surface area (Å²) in [4.78, 5) is 64.5. The number of nitrogens with one attached hydrogen (secondary N) is 3. The molecular weight excluding hydrogens is 711 g/mol. The number of amides is 6. The number of piperazine rings is 1. The minimum Gasteiger partial charge on any atom is -0.506 e. The molecule has 49 heavy (non-hydrogen) atoms. The minimum absolute atomic E-state index is 0.0242. The van der Waals surface area contributed by atoms with Gasteiger partial charge >= 0.3 is 12.1 Å². The number of carbonyl (C=O) groups is 4. The first-order valence-electron chi connectivity index (χ1n) is 16.3. The van der Waals surface area contributed by atoms with Crippen LogP contribution in [0.2, 0.25) is 0 Å². The van der Waals surface area contributed by atoms with Gasteiger partial charge in [-0.25, -0.2) is 9.59 Å². The molecule has 6 amide bonds. The predicted molar refractivity (Wildman–Crippen MR) is 193 cm³/mol.